The fourth-order valence-electron chi connectivity index (χ4n) is 1.75. The van der Waals surface area contributed by atoms with Gasteiger partial charge in [0.2, 0.25) is 0 Å². The van der Waals surface area contributed by atoms with Gasteiger partial charge < -0.3 is 9.72 Å². The van der Waals surface area contributed by atoms with Crippen molar-refractivity contribution >= 4 is 32.8 Å². The highest BCUT2D eigenvalue weighted by Gasteiger charge is 2.17. The van der Waals surface area contributed by atoms with Gasteiger partial charge in [0.15, 0.2) is 0 Å². The molecular formula is C12H9BrN2O2. The van der Waals surface area contributed by atoms with Gasteiger partial charge in [0, 0.05) is 9.86 Å². The molecule has 0 atom stereocenters. The SMILES string of the molecule is COC(=O)c1[nH]c2c(Br)cc(C#N)cc2c1C. The molecule has 1 aromatic carbocycles. The number of H-pyrrole nitrogens is 1. The Morgan fingerprint density at radius 1 is 1.53 bits per heavy atom. The van der Waals surface area contributed by atoms with E-state index in [2.05, 4.69) is 27.0 Å². The number of aromatic amines is 1. The molecule has 0 fully saturated rings. The number of carbonyl (C=O) groups excluding carboxylic acids is 1. The first-order chi connectivity index (χ1) is 8.08. The summed E-state index contributed by atoms with van der Waals surface area (Å²) >= 11 is 3.37. The van der Waals surface area contributed by atoms with E-state index in [9.17, 15) is 4.79 Å². The van der Waals surface area contributed by atoms with E-state index in [1.807, 2.05) is 6.92 Å². The summed E-state index contributed by atoms with van der Waals surface area (Å²) in [6, 6.07) is 5.54. The predicted molar refractivity (Wildman–Crippen MR) is 66.8 cm³/mol. The van der Waals surface area contributed by atoms with E-state index in [0.29, 0.717) is 11.3 Å². The fourth-order valence-corrected chi connectivity index (χ4v) is 2.31. The van der Waals surface area contributed by atoms with Crippen LogP contribution in [0.1, 0.15) is 21.6 Å². The van der Waals surface area contributed by atoms with E-state index < -0.39 is 5.97 Å². The van der Waals surface area contributed by atoms with E-state index in [4.69, 9.17) is 10.00 Å². The zero-order chi connectivity index (χ0) is 12.6. The van der Waals surface area contributed by atoms with Gasteiger partial charge in [-0.3, -0.25) is 0 Å². The predicted octanol–water partition coefficient (Wildman–Crippen LogP) is 2.90. The van der Waals surface area contributed by atoms with Crippen LogP contribution in [0.3, 0.4) is 0 Å². The number of carbonyl (C=O) groups is 1. The van der Waals surface area contributed by atoms with Crippen LogP contribution in [0.5, 0.6) is 0 Å². The molecule has 0 amide bonds. The van der Waals surface area contributed by atoms with Crippen molar-refractivity contribution in [2.45, 2.75) is 6.92 Å². The lowest BCUT2D eigenvalue weighted by atomic mass is 10.1. The second kappa shape index (κ2) is 4.22. The monoisotopic (exact) mass is 292 g/mol. The topological polar surface area (TPSA) is 65.9 Å². The van der Waals surface area contributed by atoms with Crippen LogP contribution < -0.4 is 0 Å². The van der Waals surface area contributed by atoms with E-state index in [0.717, 1.165) is 20.9 Å². The highest BCUT2D eigenvalue weighted by Crippen LogP contribution is 2.29. The van der Waals surface area contributed by atoms with Gasteiger partial charge in [0.1, 0.15) is 5.69 Å². The third-order valence-corrected chi connectivity index (χ3v) is 3.26. The molecule has 1 N–H and O–H groups in total. The van der Waals surface area contributed by atoms with Crippen LogP contribution in [-0.2, 0) is 4.74 Å². The van der Waals surface area contributed by atoms with Gasteiger partial charge in [-0.05, 0) is 40.5 Å². The van der Waals surface area contributed by atoms with Crippen LogP contribution in [0.2, 0.25) is 0 Å². The Labute approximate surface area is 106 Å². The molecule has 2 aromatic rings. The van der Waals surface area contributed by atoms with Crippen LogP contribution in [0, 0.1) is 18.3 Å². The lowest BCUT2D eigenvalue weighted by Crippen LogP contribution is -2.02. The molecule has 4 nitrogen and oxygen atoms in total. The van der Waals surface area contributed by atoms with Crippen LogP contribution in [0.15, 0.2) is 16.6 Å². The summed E-state index contributed by atoms with van der Waals surface area (Å²) in [6.07, 6.45) is 0. The van der Waals surface area contributed by atoms with E-state index >= 15 is 0 Å². The second-order valence-corrected chi connectivity index (χ2v) is 4.46. The third-order valence-electron chi connectivity index (χ3n) is 2.64. The van der Waals surface area contributed by atoms with Crippen LogP contribution in [-0.4, -0.2) is 18.1 Å². The molecule has 17 heavy (non-hydrogen) atoms. The Morgan fingerprint density at radius 2 is 2.24 bits per heavy atom. The van der Waals surface area contributed by atoms with Gasteiger partial charge in [-0.25, -0.2) is 4.79 Å². The molecule has 0 saturated heterocycles. The number of aryl methyl sites for hydroxylation is 1. The first kappa shape index (κ1) is 11.7. The molecule has 0 bridgehead atoms. The number of hydrogen-bond donors (Lipinski definition) is 1. The molecule has 0 spiro atoms. The summed E-state index contributed by atoms with van der Waals surface area (Å²) in [6.45, 7) is 1.82. The Bertz CT molecular complexity index is 653. The quantitative estimate of drug-likeness (QED) is 0.822. The zero-order valence-corrected chi connectivity index (χ0v) is 10.9. The van der Waals surface area contributed by atoms with Gasteiger partial charge in [0.05, 0.1) is 24.3 Å². The summed E-state index contributed by atoms with van der Waals surface area (Å²) < 4.78 is 5.45. The molecule has 0 unspecified atom stereocenters. The second-order valence-electron chi connectivity index (χ2n) is 3.61. The normalized spacial score (nSPS) is 10.2. The van der Waals surface area contributed by atoms with E-state index in [1.54, 1.807) is 12.1 Å². The Morgan fingerprint density at radius 3 is 2.82 bits per heavy atom. The number of halogens is 1. The van der Waals surface area contributed by atoms with Crippen LogP contribution in [0.4, 0.5) is 0 Å². The standard InChI is InChI=1S/C12H9BrN2O2/c1-6-8-3-7(5-14)4-9(13)11(8)15-10(6)12(16)17-2/h3-4,15H,1-2H3. The van der Waals surface area contributed by atoms with Crippen molar-refractivity contribution in [3.63, 3.8) is 0 Å². The molecule has 0 radical (unpaired) electrons. The maximum Gasteiger partial charge on any atom is 0.354 e. The van der Waals surface area contributed by atoms with Crippen LogP contribution in [0.25, 0.3) is 10.9 Å². The number of aromatic nitrogens is 1. The molecular weight excluding hydrogens is 284 g/mol. The summed E-state index contributed by atoms with van der Waals surface area (Å²) in [4.78, 5) is 14.5. The molecule has 0 aliphatic heterocycles. The van der Waals surface area contributed by atoms with Crippen molar-refractivity contribution in [2.24, 2.45) is 0 Å². The van der Waals surface area contributed by atoms with Crippen molar-refractivity contribution in [2.75, 3.05) is 7.11 Å². The molecule has 2 rings (SSSR count). The van der Waals surface area contributed by atoms with Gasteiger partial charge in [-0.2, -0.15) is 5.26 Å². The molecule has 5 heteroatoms. The molecule has 0 aliphatic rings. The lowest BCUT2D eigenvalue weighted by molar-refractivity contribution is 0.0594. The highest BCUT2D eigenvalue weighted by molar-refractivity contribution is 9.10. The summed E-state index contributed by atoms with van der Waals surface area (Å²) in [5.41, 5.74) is 2.53. The Kier molecular flexibility index (Phi) is 2.90. The minimum absolute atomic E-state index is 0.413. The number of hydrogen-bond acceptors (Lipinski definition) is 3. The Balaban J connectivity index is 2.79. The number of esters is 1. The number of methoxy groups -OCH3 is 1. The maximum absolute atomic E-state index is 11.5. The minimum Gasteiger partial charge on any atom is -0.464 e. The van der Waals surface area contributed by atoms with Gasteiger partial charge in [0.25, 0.3) is 0 Å². The van der Waals surface area contributed by atoms with Crippen LogP contribution >= 0.6 is 15.9 Å². The highest BCUT2D eigenvalue weighted by atomic mass is 79.9. The van der Waals surface area contributed by atoms with Crippen molar-refractivity contribution in [1.82, 2.24) is 4.98 Å². The first-order valence-corrected chi connectivity index (χ1v) is 5.68. The number of nitriles is 1. The van der Waals surface area contributed by atoms with E-state index in [-0.39, 0.29) is 0 Å². The number of nitrogens with one attached hydrogen (secondary N) is 1. The van der Waals surface area contributed by atoms with Crippen molar-refractivity contribution in [3.05, 3.63) is 33.4 Å². The average molecular weight is 293 g/mol. The largest absolute Gasteiger partial charge is 0.464 e. The summed E-state index contributed by atoms with van der Waals surface area (Å²) in [5, 5.41) is 9.75. The van der Waals surface area contributed by atoms with E-state index in [1.165, 1.54) is 7.11 Å². The first-order valence-electron chi connectivity index (χ1n) is 4.88. The maximum atomic E-state index is 11.5. The molecule has 0 aliphatic carbocycles. The number of benzene rings is 1. The van der Waals surface area contributed by atoms with Gasteiger partial charge >= 0.3 is 5.97 Å². The van der Waals surface area contributed by atoms with Crippen molar-refractivity contribution < 1.29 is 9.53 Å². The fraction of sp³-hybridized carbons (Fsp3) is 0.167. The zero-order valence-electron chi connectivity index (χ0n) is 9.30. The lowest BCUT2D eigenvalue weighted by Gasteiger charge is -1.96. The molecule has 86 valence electrons. The number of ether oxygens (including phenoxy) is 1. The average Bonchev–Trinajstić information content (AvgIpc) is 2.67. The summed E-state index contributed by atoms with van der Waals surface area (Å²) in [7, 11) is 1.34. The third kappa shape index (κ3) is 1.81. The Hall–Kier alpha value is -1.80. The van der Waals surface area contributed by atoms with Crippen molar-refractivity contribution in [3.8, 4) is 6.07 Å². The number of nitrogens with zero attached hydrogens (tertiary/aromatic N) is 1. The molecule has 0 saturated carbocycles. The van der Waals surface area contributed by atoms with Crippen molar-refractivity contribution in [1.29, 1.82) is 5.26 Å². The summed E-state index contributed by atoms with van der Waals surface area (Å²) in [5.74, 6) is -0.413. The van der Waals surface area contributed by atoms with Gasteiger partial charge in [-0.15, -0.1) is 0 Å². The number of fused-ring (bicyclic) bond motifs is 1. The smallest absolute Gasteiger partial charge is 0.354 e. The molecule has 1 heterocycles. The molecule has 1 aromatic heterocycles. The van der Waals surface area contributed by atoms with Gasteiger partial charge in [-0.1, -0.05) is 0 Å². The minimum atomic E-state index is -0.413. The number of rotatable bonds is 1.